The molecule has 1 saturated carbocycles. The standard InChI is InChI=1S/C12H16N2O2/c1-16-12(15)10-8-4-5-13-6-9(8)14-11(10)7-2-3-7/h7,13-14H,2-6H2,1H3. The van der Waals surface area contributed by atoms with Gasteiger partial charge in [0.1, 0.15) is 0 Å². The van der Waals surface area contributed by atoms with Crippen LogP contribution in [0.3, 0.4) is 0 Å². The fraction of sp³-hybridized carbons (Fsp3) is 0.583. The molecule has 2 aliphatic rings. The molecule has 0 atom stereocenters. The maximum Gasteiger partial charge on any atom is 0.339 e. The number of ether oxygens (including phenoxy) is 1. The normalized spacial score (nSPS) is 19.3. The van der Waals surface area contributed by atoms with Crippen molar-refractivity contribution in [3.05, 3.63) is 22.5 Å². The first-order chi connectivity index (χ1) is 7.81. The summed E-state index contributed by atoms with van der Waals surface area (Å²) in [5, 5.41) is 3.31. The Bertz CT molecular complexity index is 432. The number of carbonyl (C=O) groups excluding carboxylic acids is 1. The number of hydrogen-bond donors (Lipinski definition) is 2. The summed E-state index contributed by atoms with van der Waals surface area (Å²) in [6.45, 7) is 1.78. The molecule has 0 aromatic carbocycles. The van der Waals surface area contributed by atoms with Crippen LogP contribution in [-0.4, -0.2) is 24.6 Å². The summed E-state index contributed by atoms with van der Waals surface area (Å²) < 4.78 is 4.90. The van der Waals surface area contributed by atoms with Gasteiger partial charge in [0, 0.05) is 17.9 Å². The molecule has 1 aromatic heterocycles. The van der Waals surface area contributed by atoms with Gasteiger partial charge in [-0.05, 0) is 37.3 Å². The van der Waals surface area contributed by atoms with E-state index in [9.17, 15) is 4.79 Å². The van der Waals surface area contributed by atoms with Crippen LogP contribution in [0.15, 0.2) is 0 Å². The molecule has 16 heavy (non-hydrogen) atoms. The highest BCUT2D eigenvalue weighted by molar-refractivity contribution is 5.93. The molecule has 2 N–H and O–H groups in total. The molecule has 2 heterocycles. The third-order valence-corrected chi connectivity index (χ3v) is 3.45. The van der Waals surface area contributed by atoms with Crippen LogP contribution in [0, 0.1) is 0 Å². The van der Waals surface area contributed by atoms with Crippen LogP contribution in [0.2, 0.25) is 0 Å². The molecule has 0 spiro atoms. The zero-order valence-electron chi connectivity index (χ0n) is 9.43. The molecule has 0 radical (unpaired) electrons. The van der Waals surface area contributed by atoms with Crippen LogP contribution < -0.4 is 5.32 Å². The predicted octanol–water partition coefficient (Wildman–Crippen LogP) is 1.32. The fourth-order valence-electron chi connectivity index (χ4n) is 2.48. The van der Waals surface area contributed by atoms with Crippen LogP contribution in [0.25, 0.3) is 0 Å². The van der Waals surface area contributed by atoms with E-state index in [0.717, 1.165) is 30.8 Å². The van der Waals surface area contributed by atoms with Crippen molar-refractivity contribution in [3.63, 3.8) is 0 Å². The predicted molar refractivity (Wildman–Crippen MR) is 59.5 cm³/mol. The van der Waals surface area contributed by atoms with Gasteiger partial charge in [-0.3, -0.25) is 0 Å². The maximum atomic E-state index is 11.8. The Morgan fingerprint density at radius 2 is 2.25 bits per heavy atom. The molecule has 86 valence electrons. The van der Waals surface area contributed by atoms with Crippen molar-refractivity contribution in [3.8, 4) is 0 Å². The molecule has 4 heteroatoms. The van der Waals surface area contributed by atoms with Crippen LogP contribution in [0.5, 0.6) is 0 Å². The minimum Gasteiger partial charge on any atom is -0.465 e. The fourth-order valence-corrected chi connectivity index (χ4v) is 2.48. The van der Waals surface area contributed by atoms with Crippen molar-refractivity contribution >= 4 is 5.97 Å². The number of aromatic nitrogens is 1. The van der Waals surface area contributed by atoms with E-state index in [1.54, 1.807) is 0 Å². The Balaban J connectivity index is 2.09. The number of rotatable bonds is 2. The topological polar surface area (TPSA) is 54.1 Å². The highest BCUT2D eigenvalue weighted by Gasteiger charge is 2.34. The highest BCUT2D eigenvalue weighted by Crippen LogP contribution is 2.43. The molecular weight excluding hydrogens is 204 g/mol. The van der Waals surface area contributed by atoms with E-state index in [0.29, 0.717) is 5.92 Å². The molecule has 1 fully saturated rings. The number of carbonyl (C=O) groups is 1. The summed E-state index contributed by atoms with van der Waals surface area (Å²) in [7, 11) is 1.46. The summed E-state index contributed by atoms with van der Waals surface area (Å²) in [4.78, 5) is 15.3. The van der Waals surface area contributed by atoms with Gasteiger partial charge in [-0.15, -0.1) is 0 Å². The average Bonchev–Trinajstić information content (AvgIpc) is 3.09. The minimum atomic E-state index is -0.179. The van der Waals surface area contributed by atoms with E-state index in [4.69, 9.17) is 4.74 Å². The number of aromatic amines is 1. The Labute approximate surface area is 94.4 Å². The minimum absolute atomic E-state index is 0.179. The van der Waals surface area contributed by atoms with Gasteiger partial charge in [0.15, 0.2) is 0 Å². The first-order valence-corrected chi connectivity index (χ1v) is 5.84. The Morgan fingerprint density at radius 3 is 2.94 bits per heavy atom. The lowest BCUT2D eigenvalue weighted by atomic mass is 10.0. The molecule has 1 aliphatic heterocycles. The maximum absolute atomic E-state index is 11.8. The third kappa shape index (κ3) is 1.45. The van der Waals surface area contributed by atoms with Crippen molar-refractivity contribution in [2.75, 3.05) is 13.7 Å². The van der Waals surface area contributed by atoms with Gasteiger partial charge in [0.25, 0.3) is 0 Å². The second kappa shape index (κ2) is 3.63. The molecular formula is C12H16N2O2. The lowest BCUT2D eigenvalue weighted by molar-refractivity contribution is 0.0598. The SMILES string of the molecule is COC(=O)c1c(C2CC2)[nH]c2c1CCNC2. The van der Waals surface area contributed by atoms with E-state index in [2.05, 4.69) is 10.3 Å². The van der Waals surface area contributed by atoms with Crippen molar-refractivity contribution in [2.24, 2.45) is 0 Å². The summed E-state index contributed by atoms with van der Waals surface area (Å²) in [5.74, 6) is 0.376. The van der Waals surface area contributed by atoms with Gasteiger partial charge in [-0.25, -0.2) is 4.79 Å². The van der Waals surface area contributed by atoms with E-state index in [1.807, 2.05) is 0 Å². The van der Waals surface area contributed by atoms with E-state index in [-0.39, 0.29) is 5.97 Å². The van der Waals surface area contributed by atoms with Gasteiger partial charge in [-0.2, -0.15) is 0 Å². The number of H-pyrrole nitrogens is 1. The van der Waals surface area contributed by atoms with E-state index in [1.165, 1.54) is 31.2 Å². The smallest absolute Gasteiger partial charge is 0.339 e. The number of hydrogen-bond acceptors (Lipinski definition) is 3. The zero-order valence-corrected chi connectivity index (χ0v) is 9.43. The molecule has 0 unspecified atom stereocenters. The second-order valence-corrected chi connectivity index (χ2v) is 4.56. The van der Waals surface area contributed by atoms with Crippen LogP contribution in [-0.2, 0) is 17.7 Å². The van der Waals surface area contributed by atoms with Crippen LogP contribution in [0.1, 0.15) is 46.1 Å². The number of nitrogens with one attached hydrogen (secondary N) is 2. The molecule has 1 aliphatic carbocycles. The Morgan fingerprint density at radius 1 is 1.44 bits per heavy atom. The molecule has 3 rings (SSSR count). The van der Waals surface area contributed by atoms with Gasteiger partial charge < -0.3 is 15.0 Å². The quantitative estimate of drug-likeness (QED) is 0.739. The molecule has 0 saturated heterocycles. The summed E-state index contributed by atoms with van der Waals surface area (Å²) in [6.07, 6.45) is 3.30. The Hall–Kier alpha value is -1.29. The van der Waals surface area contributed by atoms with Crippen molar-refractivity contribution in [1.29, 1.82) is 0 Å². The number of fused-ring (bicyclic) bond motifs is 1. The van der Waals surface area contributed by atoms with Gasteiger partial charge in [0.2, 0.25) is 0 Å². The molecule has 0 amide bonds. The summed E-state index contributed by atoms with van der Waals surface area (Å²) in [6, 6.07) is 0. The van der Waals surface area contributed by atoms with E-state index < -0.39 is 0 Å². The Kier molecular flexibility index (Phi) is 2.24. The van der Waals surface area contributed by atoms with Gasteiger partial charge in [-0.1, -0.05) is 0 Å². The first kappa shape index (κ1) is 9.90. The van der Waals surface area contributed by atoms with Crippen LogP contribution >= 0.6 is 0 Å². The second-order valence-electron chi connectivity index (χ2n) is 4.56. The summed E-state index contributed by atoms with van der Waals surface area (Å²) >= 11 is 0. The van der Waals surface area contributed by atoms with Crippen LogP contribution in [0.4, 0.5) is 0 Å². The zero-order chi connectivity index (χ0) is 11.1. The summed E-state index contributed by atoms with van der Waals surface area (Å²) in [5.41, 5.74) is 4.28. The average molecular weight is 220 g/mol. The van der Waals surface area contributed by atoms with Crippen molar-refractivity contribution in [1.82, 2.24) is 10.3 Å². The molecule has 1 aromatic rings. The molecule has 4 nitrogen and oxygen atoms in total. The third-order valence-electron chi connectivity index (χ3n) is 3.45. The van der Waals surface area contributed by atoms with E-state index >= 15 is 0 Å². The van der Waals surface area contributed by atoms with Gasteiger partial charge >= 0.3 is 5.97 Å². The monoisotopic (exact) mass is 220 g/mol. The number of esters is 1. The first-order valence-electron chi connectivity index (χ1n) is 5.84. The number of methoxy groups -OCH3 is 1. The highest BCUT2D eigenvalue weighted by atomic mass is 16.5. The molecule has 0 bridgehead atoms. The van der Waals surface area contributed by atoms with Crippen molar-refractivity contribution < 1.29 is 9.53 Å². The lowest BCUT2D eigenvalue weighted by Crippen LogP contribution is -2.24. The van der Waals surface area contributed by atoms with Gasteiger partial charge in [0.05, 0.1) is 12.7 Å². The lowest BCUT2D eigenvalue weighted by Gasteiger charge is -2.13. The largest absolute Gasteiger partial charge is 0.465 e. The van der Waals surface area contributed by atoms with Crippen molar-refractivity contribution in [2.45, 2.75) is 31.7 Å².